The van der Waals surface area contributed by atoms with Gasteiger partial charge in [0.15, 0.2) is 0 Å². The highest BCUT2D eigenvalue weighted by molar-refractivity contribution is 7.61. The van der Waals surface area contributed by atoms with Crippen molar-refractivity contribution < 1.29 is 4.57 Å². The molecule has 0 spiro atoms. The van der Waals surface area contributed by atoms with Crippen LogP contribution in [0.2, 0.25) is 0 Å². The number of hydrogen-bond donors (Lipinski definition) is 0. The summed E-state index contributed by atoms with van der Waals surface area (Å²) in [6.07, 6.45) is 0. The van der Waals surface area contributed by atoms with Crippen molar-refractivity contribution in [2.45, 2.75) is 19.8 Å². The molecule has 0 aromatic heterocycles. The van der Waals surface area contributed by atoms with Gasteiger partial charge in [0, 0.05) is 10.6 Å². The Kier molecular flexibility index (Phi) is 3.71. The predicted molar refractivity (Wildman–Crippen MR) is 73.8 cm³/mol. The molecule has 0 N–H and O–H groups in total. The fourth-order valence-corrected chi connectivity index (χ4v) is 3.37. The van der Waals surface area contributed by atoms with Crippen LogP contribution >= 0.6 is 7.80 Å². The highest BCUT2D eigenvalue weighted by Crippen LogP contribution is 2.25. The quantitative estimate of drug-likeness (QED) is 0.753. The molecule has 1 atom stereocenters. The molecule has 1 nitrogen and oxygen atoms in total. The van der Waals surface area contributed by atoms with E-state index in [2.05, 4.69) is 19.9 Å². The first-order valence-corrected chi connectivity index (χ1v) is 7.07. The van der Waals surface area contributed by atoms with Gasteiger partial charge >= 0.3 is 0 Å². The third kappa shape index (κ3) is 2.62. The molecule has 17 heavy (non-hydrogen) atoms. The van der Waals surface area contributed by atoms with Gasteiger partial charge in [-0.05, 0) is 29.7 Å². The van der Waals surface area contributed by atoms with Gasteiger partial charge in [-0.2, -0.15) is 0 Å². The zero-order valence-electron chi connectivity index (χ0n) is 10.1. The van der Waals surface area contributed by atoms with Crippen LogP contribution in [0.15, 0.2) is 54.6 Å². The second-order valence-electron chi connectivity index (χ2n) is 4.34. The largest absolute Gasteiger partial charge is 0.277 e. The molecule has 2 rings (SSSR count). The van der Waals surface area contributed by atoms with Crippen LogP contribution in [0.4, 0.5) is 0 Å². The van der Waals surface area contributed by atoms with Gasteiger partial charge in [0.05, 0.1) is 0 Å². The van der Waals surface area contributed by atoms with Crippen molar-refractivity contribution in [3.05, 3.63) is 60.2 Å². The topological polar surface area (TPSA) is 17.1 Å². The molecule has 0 aliphatic rings. The Hall–Kier alpha value is -1.46. The maximum absolute atomic E-state index is 12.5. The van der Waals surface area contributed by atoms with Gasteiger partial charge in [-0.25, -0.2) is 0 Å². The van der Waals surface area contributed by atoms with E-state index in [0.29, 0.717) is 5.92 Å². The number of rotatable bonds is 3. The Morgan fingerprint density at radius 3 is 2.12 bits per heavy atom. The average Bonchev–Trinajstić information content (AvgIpc) is 2.39. The molecule has 0 fully saturated rings. The van der Waals surface area contributed by atoms with Crippen LogP contribution in [0.3, 0.4) is 0 Å². The molecule has 0 aliphatic heterocycles. The Balaban J connectivity index is 2.45. The SMILES string of the molecule is CC(C)c1ccccc1[P](=O)c1ccccc1. The fourth-order valence-electron chi connectivity index (χ4n) is 1.86. The molecule has 0 amide bonds. The lowest BCUT2D eigenvalue weighted by atomic mass is 10.0. The molecule has 0 aliphatic carbocycles. The molecule has 2 aromatic carbocycles. The third-order valence-electron chi connectivity index (χ3n) is 2.77. The minimum absolute atomic E-state index is 0.397. The van der Waals surface area contributed by atoms with Crippen molar-refractivity contribution in [1.82, 2.24) is 0 Å². The van der Waals surface area contributed by atoms with Gasteiger partial charge in [-0.3, -0.25) is 4.57 Å². The number of hydrogen-bond acceptors (Lipinski definition) is 1. The average molecular weight is 243 g/mol. The van der Waals surface area contributed by atoms with Crippen LogP contribution in [-0.4, -0.2) is 0 Å². The van der Waals surface area contributed by atoms with Gasteiger partial charge in [-0.1, -0.05) is 50.2 Å². The molecular weight excluding hydrogens is 227 g/mol. The first kappa shape index (κ1) is 12.0. The summed E-state index contributed by atoms with van der Waals surface area (Å²) in [6, 6.07) is 17.7. The monoisotopic (exact) mass is 243 g/mol. The van der Waals surface area contributed by atoms with E-state index in [9.17, 15) is 4.57 Å². The molecule has 1 radical (unpaired) electrons. The second kappa shape index (κ2) is 5.25. The second-order valence-corrected chi connectivity index (χ2v) is 5.93. The zero-order valence-corrected chi connectivity index (χ0v) is 11.0. The molecule has 0 bridgehead atoms. The fraction of sp³-hybridized carbons (Fsp3) is 0.200. The van der Waals surface area contributed by atoms with Crippen LogP contribution < -0.4 is 10.6 Å². The van der Waals surface area contributed by atoms with Gasteiger partial charge in [0.25, 0.3) is 0 Å². The van der Waals surface area contributed by atoms with E-state index in [4.69, 9.17) is 0 Å². The van der Waals surface area contributed by atoms with Crippen molar-refractivity contribution in [2.24, 2.45) is 0 Å². The Bertz CT molecular complexity index is 517. The van der Waals surface area contributed by atoms with Crippen LogP contribution in [0.25, 0.3) is 0 Å². The minimum Gasteiger partial charge on any atom is -0.277 e. The normalized spacial score (nSPS) is 11.6. The highest BCUT2D eigenvalue weighted by atomic mass is 31.1. The number of benzene rings is 2. The minimum atomic E-state index is -1.47. The first-order valence-electron chi connectivity index (χ1n) is 5.81. The van der Waals surface area contributed by atoms with Crippen LogP contribution in [-0.2, 0) is 4.57 Å². The van der Waals surface area contributed by atoms with Gasteiger partial charge < -0.3 is 0 Å². The Labute approximate surface area is 103 Å². The van der Waals surface area contributed by atoms with Crippen molar-refractivity contribution in [1.29, 1.82) is 0 Å². The van der Waals surface area contributed by atoms with Crippen LogP contribution in [0, 0.1) is 0 Å². The summed E-state index contributed by atoms with van der Waals surface area (Å²) in [5.74, 6) is 0.397. The van der Waals surface area contributed by atoms with E-state index in [1.165, 1.54) is 5.56 Å². The highest BCUT2D eigenvalue weighted by Gasteiger charge is 2.13. The van der Waals surface area contributed by atoms with Gasteiger partial charge in [-0.15, -0.1) is 0 Å². The lowest BCUT2D eigenvalue weighted by molar-refractivity contribution is 0.598. The molecule has 1 unspecified atom stereocenters. The standard InChI is InChI=1S/C15H16OP/c1-12(2)14-10-6-7-11-15(14)17(16)13-8-4-3-5-9-13/h3-12H,1-2H3. The zero-order chi connectivity index (χ0) is 12.3. The summed E-state index contributed by atoms with van der Waals surface area (Å²) in [4.78, 5) is 0. The molecule has 2 heteroatoms. The molecule has 87 valence electrons. The summed E-state index contributed by atoms with van der Waals surface area (Å²) >= 11 is 0. The summed E-state index contributed by atoms with van der Waals surface area (Å²) in [7, 11) is -1.47. The molecule has 2 aromatic rings. The summed E-state index contributed by atoms with van der Waals surface area (Å²) in [5.41, 5.74) is 1.18. The summed E-state index contributed by atoms with van der Waals surface area (Å²) < 4.78 is 12.5. The van der Waals surface area contributed by atoms with E-state index < -0.39 is 7.80 Å². The van der Waals surface area contributed by atoms with E-state index in [1.54, 1.807) is 0 Å². The van der Waals surface area contributed by atoms with Crippen molar-refractivity contribution >= 4 is 18.4 Å². The van der Waals surface area contributed by atoms with Gasteiger partial charge in [0.2, 0.25) is 0 Å². The van der Waals surface area contributed by atoms with Gasteiger partial charge in [0.1, 0.15) is 7.80 Å². The Morgan fingerprint density at radius 2 is 1.47 bits per heavy atom. The lowest BCUT2D eigenvalue weighted by Crippen LogP contribution is -2.12. The van der Waals surface area contributed by atoms with Crippen molar-refractivity contribution in [2.75, 3.05) is 0 Å². The molecule has 0 saturated heterocycles. The van der Waals surface area contributed by atoms with E-state index in [-0.39, 0.29) is 0 Å². The van der Waals surface area contributed by atoms with E-state index in [0.717, 1.165) is 10.6 Å². The van der Waals surface area contributed by atoms with Crippen LogP contribution in [0.5, 0.6) is 0 Å². The molecule has 0 heterocycles. The van der Waals surface area contributed by atoms with Crippen molar-refractivity contribution in [3.8, 4) is 0 Å². The smallest absolute Gasteiger partial charge is 0.136 e. The maximum Gasteiger partial charge on any atom is 0.136 e. The summed E-state index contributed by atoms with van der Waals surface area (Å²) in [6.45, 7) is 4.26. The summed E-state index contributed by atoms with van der Waals surface area (Å²) in [5, 5.41) is 1.86. The molecule has 0 saturated carbocycles. The van der Waals surface area contributed by atoms with E-state index in [1.807, 2.05) is 48.5 Å². The Morgan fingerprint density at radius 1 is 0.882 bits per heavy atom. The predicted octanol–water partition coefficient (Wildman–Crippen LogP) is 3.59. The van der Waals surface area contributed by atoms with Crippen molar-refractivity contribution in [3.63, 3.8) is 0 Å². The first-order chi connectivity index (χ1) is 8.20. The molecular formula is C15H16OP. The lowest BCUT2D eigenvalue weighted by Gasteiger charge is -2.11. The maximum atomic E-state index is 12.5. The van der Waals surface area contributed by atoms with Crippen LogP contribution in [0.1, 0.15) is 25.3 Å². The third-order valence-corrected chi connectivity index (χ3v) is 4.38. The van der Waals surface area contributed by atoms with E-state index >= 15 is 0 Å².